The number of hydrogen-bond donors (Lipinski definition) is 1. The number of carbonyl (C=O) groups is 1. The smallest absolute Gasteiger partial charge is 0.251 e. The number of amides is 1. The van der Waals surface area contributed by atoms with E-state index in [1.54, 1.807) is 45.2 Å². The van der Waals surface area contributed by atoms with Crippen molar-refractivity contribution < 1.29 is 17.9 Å². The third-order valence-electron chi connectivity index (χ3n) is 3.10. The number of benzene rings is 1. The molecule has 0 saturated heterocycles. The van der Waals surface area contributed by atoms with Gasteiger partial charge in [-0.3, -0.25) is 4.79 Å². The molecule has 0 atom stereocenters. The second-order valence-corrected chi connectivity index (χ2v) is 6.47. The number of carbonyl (C=O) groups excluding carboxylic acids is 1. The quantitative estimate of drug-likeness (QED) is 0.779. The number of methoxy groups -OCH3 is 1. The van der Waals surface area contributed by atoms with Crippen LogP contribution in [0, 0.1) is 0 Å². The molecule has 1 aromatic rings. The fraction of sp³-hybridized carbons (Fsp3) is 0.500. The first kappa shape index (κ1) is 17.5. The van der Waals surface area contributed by atoms with Crippen LogP contribution < -0.4 is 10.1 Å². The lowest BCUT2D eigenvalue weighted by Gasteiger charge is -2.18. The van der Waals surface area contributed by atoms with Gasteiger partial charge in [0.25, 0.3) is 5.91 Å². The standard InChI is InChI=1S/C14H22N2O4S/c1-4-16(5-2)21(18,19)11-10-15-14(17)12-6-8-13(20-3)9-7-12/h6-9H,4-5,10-11H2,1-3H3,(H,15,17). The van der Waals surface area contributed by atoms with E-state index in [1.807, 2.05) is 0 Å². The van der Waals surface area contributed by atoms with E-state index in [0.29, 0.717) is 24.4 Å². The van der Waals surface area contributed by atoms with Crippen molar-refractivity contribution in [2.75, 3.05) is 32.5 Å². The van der Waals surface area contributed by atoms with E-state index in [4.69, 9.17) is 4.74 Å². The Hall–Kier alpha value is -1.60. The highest BCUT2D eigenvalue weighted by Crippen LogP contribution is 2.11. The molecule has 0 aliphatic carbocycles. The molecule has 118 valence electrons. The topological polar surface area (TPSA) is 75.7 Å². The third kappa shape index (κ3) is 5.02. The first-order chi connectivity index (χ1) is 9.94. The zero-order chi connectivity index (χ0) is 15.9. The largest absolute Gasteiger partial charge is 0.497 e. The third-order valence-corrected chi connectivity index (χ3v) is 5.12. The Morgan fingerprint density at radius 3 is 2.24 bits per heavy atom. The highest BCUT2D eigenvalue weighted by atomic mass is 32.2. The Labute approximate surface area is 126 Å². The van der Waals surface area contributed by atoms with Crippen LogP contribution in [0.15, 0.2) is 24.3 Å². The van der Waals surface area contributed by atoms with Gasteiger partial charge in [0.15, 0.2) is 0 Å². The van der Waals surface area contributed by atoms with E-state index in [0.717, 1.165) is 0 Å². The lowest BCUT2D eigenvalue weighted by Crippen LogP contribution is -2.37. The molecule has 1 rings (SSSR count). The summed E-state index contributed by atoms with van der Waals surface area (Å²) in [6.07, 6.45) is 0. The molecule has 0 heterocycles. The highest BCUT2D eigenvalue weighted by Gasteiger charge is 2.18. The summed E-state index contributed by atoms with van der Waals surface area (Å²) in [6, 6.07) is 6.63. The van der Waals surface area contributed by atoms with Crippen LogP contribution in [0.2, 0.25) is 0 Å². The van der Waals surface area contributed by atoms with Crippen molar-refractivity contribution in [2.24, 2.45) is 0 Å². The minimum Gasteiger partial charge on any atom is -0.497 e. The summed E-state index contributed by atoms with van der Waals surface area (Å²) in [6.45, 7) is 4.54. The minimum absolute atomic E-state index is 0.0870. The van der Waals surface area contributed by atoms with Gasteiger partial charge in [-0.2, -0.15) is 0 Å². The average molecular weight is 314 g/mol. The Kier molecular flexibility index (Phi) is 6.64. The van der Waals surface area contributed by atoms with Crippen LogP contribution in [-0.4, -0.2) is 51.1 Å². The summed E-state index contributed by atoms with van der Waals surface area (Å²) < 4.78 is 30.3. The first-order valence-corrected chi connectivity index (χ1v) is 8.45. The average Bonchev–Trinajstić information content (AvgIpc) is 2.48. The number of sulfonamides is 1. The fourth-order valence-corrected chi connectivity index (χ4v) is 3.29. The van der Waals surface area contributed by atoms with E-state index >= 15 is 0 Å². The lowest BCUT2D eigenvalue weighted by molar-refractivity contribution is 0.0956. The normalized spacial score (nSPS) is 11.4. The van der Waals surface area contributed by atoms with E-state index in [1.165, 1.54) is 4.31 Å². The summed E-state index contributed by atoms with van der Waals surface area (Å²) in [5, 5.41) is 2.61. The van der Waals surface area contributed by atoms with Gasteiger partial charge in [0.2, 0.25) is 10.0 Å². The molecule has 0 spiro atoms. The molecule has 0 aromatic heterocycles. The van der Waals surface area contributed by atoms with E-state index in [-0.39, 0.29) is 18.2 Å². The predicted molar refractivity (Wildman–Crippen MR) is 82.0 cm³/mol. The van der Waals surface area contributed by atoms with Gasteiger partial charge in [-0.25, -0.2) is 12.7 Å². The highest BCUT2D eigenvalue weighted by molar-refractivity contribution is 7.89. The van der Waals surface area contributed by atoms with E-state index < -0.39 is 10.0 Å². The van der Waals surface area contributed by atoms with Gasteiger partial charge in [0, 0.05) is 25.2 Å². The van der Waals surface area contributed by atoms with Crippen LogP contribution in [0.25, 0.3) is 0 Å². The Balaban J connectivity index is 2.53. The molecule has 0 bridgehead atoms. The van der Waals surface area contributed by atoms with Gasteiger partial charge < -0.3 is 10.1 Å². The summed E-state index contributed by atoms with van der Waals surface area (Å²) in [5.74, 6) is 0.263. The van der Waals surface area contributed by atoms with Crippen LogP contribution in [0.3, 0.4) is 0 Å². The van der Waals surface area contributed by atoms with Gasteiger partial charge in [0.1, 0.15) is 5.75 Å². The number of nitrogens with zero attached hydrogens (tertiary/aromatic N) is 1. The number of hydrogen-bond acceptors (Lipinski definition) is 4. The molecule has 1 aromatic carbocycles. The van der Waals surface area contributed by atoms with Crippen molar-refractivity contribution in [1.29, 1.82) is 0 Å². The Morgan fingerprint density at radius 1 is 1.19 bits per heavy atom. The van der Waals surface area contributed by atoms with Crippen molar-refractivity contribution in [3.8, 4) is 5.75 Å². The van der Waals surface area contributed by atoms with Gasteiger partial charge in [-0.1, -0.05) is 13.8 Å². The SMILES string of the molecule is CCN(CC)S(=O)(=O)CCNC(=O)c1ccc(OC)cc1. The van der Waals surface area contributed by atoms with Gasteiger partial charge >= 0.3 is 0 Å². The molecule has 0 radical (unpaired) electrons. The van der Waals surface area contributed by atoms with Crippen LogP contribution in [-0.2, 0) is 10.0 Å². The monoisotopic (exact) mass is 314 g/mol. The van der Waals surface area contributed by atoms with Crippen molar-refractivity contribution in [1.82, 2.24) is 9.62 Å². The summed E-state index contributed by atoms with van der Waals surface area (Å²) in [5.41, 5.74) is 0.469. The fourth-order valence-electron chi connectivity index (χ4n) is 1.88. The minimum atomic E-state index is -3.31. The number of nitrogens with one attached hydrogen (secondary N) is 1. The summed E-state index contributed by atoms with van der Waals surface area (Å²) in [7, 11) is -1.76. The molecule has 1 N–H and O–H groups in total. The number of ether oxygens (including phenoxy) is 1. The molecule has 21 heavy (non-hydrogen) atoms. The molecule has 1 amide bonds. The van der Waals surface area contributed by atoms with Crippen LogP contribution in [0.1, 0.15) is 24.2 Å². The maximum atomic E-state index is 12.0. The molecule has 6 nitrogen and oxygen atoms in total. The van der Waals surface area contributed by atoms with Gasteiger partial charge in [-0.05, 0) is 24.3 Å². The molecule has 0 aliphatic heterocycles. The summed E-state index contributed by atoms with van der Waals surface area (Å²) in [4.78, 5) is 11.9. The second-order valence-electron chi connectivity index (χ2n) is 4.38. The molecular formula is C14H22N2O4S. The first-order valence-electron chi connectivity index (χ1n) is 6.84. The van der Waals surface area contributed by atoms with Crippen LogP contribution in [0.5, 0.6) is 5.75 Å². The van der Waals surface area contributed by atoms with E-state index in [2.05, 4.69) is 5.32 Å². The summed E-state index contributed by atoms with van der Waals surface area (Å²) >= 11 is 0. The number of rotatable bonds is 8. The van der Waals surface area contributed by atoms with Crippen molar-refractivity contribution >= 4 is 15.9 Å². The Bertz CT molecular complexity index is 551. The maximum Gasteiger partial charge on any atom is 0.251 e. The van der Waals surface area contributed by atoms with E-state index in [9.17, 15) is 13.2 Å². The molecule has 0 saturated carbocycles. The molecule has 0 fully saturated rings. The van der Waals surface area contributed by atoms with Crippen molar-refractivity contribution in [3.63, 3.8) is 0 Å². The molecule has 0 aliphatic rings. The molecule has 7 heteroatoms. The predicted octanol–water partition coefficient (Wildman–Crippen LogP) is 1.10. The zero-order valence-electron chi connectivity index (χ0n) is 12.6. The van der Waals surface area contributed by atoms with Gasteiger partial charge in [-0.15, -0.1) is 0 Å². The Morgan fingerprint density at radius 2 is 1.76 bits per heavy atom. The van der Waals surface area contributed by atoms with Crippen LogP contribution >= 0.6 is 0 Å². The van der Waals surface area contributed by atoms with Crippen LogP contribution in [0.4, 0.5) is 0 Å². The zero-order valence-corrected chi connectivity index (χ0v) is 13.4. The van der Waals surface area contributed by atoms with Crippen molar-refractivity contribution in [2.45, 2.75) is 13.8 Å². The second kappa shape index (κ2) is 7.99. The van der Waals surface area contributed by atoms with Gasteiger partial charge in [0.05, 0.1) is 12.9 Å². The molecule has 0 unspecified atom stereocenters. The lowest BCUT2D eigenvalue weighted by atomic mass is 10.2. The molecular weight excluding hydrogens is 292 g/mol. The van der Waals surface area contributed by atoms with Crippen molar-refractivity contribution in [3.05, 3.63) is 29.8 Å². The maximum absolute atomic E-state index is 12.0.